The van der Waals surface area contributed by atoms with E-state index in [1.807, 2.05) is 0 Å². The van der Waals surface area contributed by atoms with Crippen LogP contribution in [0.3, 0.4) is 0 Å². The SMILES string of the molecule is COC(C)OC(=O)c1ccc(C(C)=O)c(C(=O)O)c1. The molecule has 0 aromatic heterocycles. The molecule has 6 heteroatoms. The minimum atomic E-state index is -1.28. The van der Waals surface area contributed by atoms with Gasteiger partial charge in [-0.1, -0.05) is 0 Å². The number of rotatable bonds is 5. The van der Waals surface area contributed by atoms with Gasteiger partial charge < -0.3 is 14.6 Å². The summed E-state index contributed by atoms with van der Waals surface area (Å²) >= 11 is 0. The minimum Gasteiger partial charge on any atom is -0.478 e. The smallest absolute Gasteiger partial charge is 0.340 e. The number of carbonyl (C=O) groups is 3. The summed E-state index contributed by atoms with van der Waals surface area (Å²) in [5, 5.41) is 9.02. The molecule has 0 aliphatic rings. The fourth-order valence-corrected chi connectivity index (χ4v) is 1.42. The number of carbonyl (C=O) groups excluding carboxylic acids is 2. The second kappa shape index (κ2) is 6.10. The van der Waals surface area contributed by atoms with Crippen LogP contribution in [0.15, 0.2) is 18.2 Å². The fraction of sp³-hybridized carbons (Fsp3) is 0.308. The highest BCUT2D eigenvalue weighted by Crippen LogP contribution is 2.15. The molecule has 1 atom stereocenters. The lowest BCUT2D eigenvalue weighted by atomic mass is 10.0. The molecule has 1 aromatic carbocycles. The standard InChI is InChI=1S/C13H14O6/c1-7(14)10-5-4-9(6-11(10)12(15)16)13(17)19-8(2)18-3/h4-6,8H,1-3H3,(H,15,16). The summed E-state index contributed by atoms with van der Waals surface area (Å²) in [7, 11) is 1.37. The van der Waals surface area contributed by atoms with Gasteiger partial charge in [0.15, 0.2) is 12.1 Å². The van der Waals surface area contributed by atoms with Crippen LogP contribution >= 0.6 is 0 Å². The van der Waals surface area contributed by atoms with Gasteiger partial charge in [0, 0.05) is 12.7 Å². The largest absolute Gasteiger partial charge is 0.478 e. The predicted molar refractivity (Wildman–Crippen MR) is 65.3 cm³/mol. The van der Waals surface area contributed by atoms with Gasteiger partial charge in [-0.15, -0.1) is 0 Å². The summed E-state index contributed by atoms with van der Waals surface area (Å²) in [6, 6.07) is 3.75. The van der Waals surface area contributed by atoms with Gasteiger partial charge in [0.2, 0.25) is 0 Å². The monoisotopic (exact) mass is 266 g/mol. The van der Waals surface area contributed by atoms with Crippen molar-refractivity contribution in [1.29, 1.82) is 0 Å². The molecule has 102 valence electrons. The average Bonchev–Trinajstić information content (AvgIpc) is 2.37. The highest BCUT2D eigenvalue weighted by molar-refractivity contribution is 6.06. The Kier molecular flexibility index (Phi) is 4.77. The van der Waals surface area contributed by atoms with Crippen LogP contribution in [0, 0.1) is 0 Å². The molecule has 1 rings (SSSR count). The number of hydrogen-bond acceptors (Lipinski definition) is 5. The van der Waals surface area contributed by atoms with Gasteiger partial charge >= 0.3 is 11.9 Å². The maximum atomic E-state index is 11.7. The Bertz CT molecular complexity index is 520. The minimum absolute atomic E-state index is 0.0452. The third-order valence-corrected chi connectivity index (χ3v) is 2.47. The number of hydrogen-bond donors (Lipinski definition) is 1. The molecule has 0 radical (unpaired) electrons. The van der Waals surface area contributed by atoms with Crippen LogP contribution in [0.5, 0.6) is 0 Å². The van der Waals surface area contributed by atoms with Crippen molar-refractivity contribution in [3.8, 4) is 0 Å². The number of ketones is 1. The Morgan fingerprint density at radius 2 is 1.84 bits per heavy atom. The normalized spacial score (nSPS) is 11.7. The number of aromatic carboxylic acids is 1. The molecular weight excluding hydrogens is 252 g/mol. The number of Topliss-reactive ketones (excluding diaryl/α,β-unsaturated/α-hetero) is 1. The van der Waals surface area contributed by atoms with Gasteiger partial charge in [-0.25, -0.2) is 9.59 Å². The van der Waals surface area contributed by atoms with Crippen molar-refractivity contribution in [1.82, 2.24) is 0 Å². The van der Waals surface area contributed by atoms with Crippen LogP contribution in [-0.4, -0.2) is 36.2 Å². The Hall–Kier alpha value is -2.21. The summed E-state index contributed by atoms with van der Waals surface area (Å²) in [4.78, 5) is 34.0. The summed E-state index contributed by atoms with van der Waals surface area (Å²) in [5.41, 5.74) is -0.137. The van der Waals surface area contributed by atoms with Crippen molar-refractivity contribution in [2.45, 2.75) is 20.1 Å². The van der Waals surface area contributed by atoms with Crippen LogP contribution in [0.1, 0.15) is 44.9 Å². The zero-order chi connectivity index (χ0) is 14.6. The van der Waals surface area contributed by atoms with Crippen molar-refractivity contribution < 1.29 is 29.0 Å². The Labute approximate surface area is 109 Å². The zero-order valence-corrected chi connectivity index (χ0v) is 10.8. The molecule has 0 aliphatic carbocycles. The number of esters is 1. The van der Waals surface area contributed by atoms with E-state index in [1.54, 1.807) is 0 Å². The second-order valence-electron chi connectivity index (χ2n) is 3.83. The van der Waals surface area contributed by atoms with E-state index in [-0.39, 0.29) is 22.5 Å². The highest BCUT2D eigenvalue weighted by atomic mass is 16.7. The Morgan fingerprint density at radius 1 is 1.21 bits per heavy atom. The first-order valence-electron chi connectivity index (χ1n) is 5.49. The number of benzene rings is 1. The molecule has 0 fully saturated rings. The first-order chi connectivity index (χ1) is 8.86. The Morgan fingerprint density at radius 3 is 2.32 bits per heavy atom. The molecule has 0 saturated carbocycles. The van der Waals surface area contributed by atoms with Gasteiger partial charge in [-0.2, -0.15) is 0 Å². The summed E-state index contributed by atoms with van der Waals surface area (Å²) in [6.45, 7) is 2.78. The number of carboxylic acid groups (broad SMARTS) is 1. The van der Waals surface area contributed by atoms with Crippen molar-refractivity contribution in [2.24, 2.45) is 0 Å². The zero-order valence-electron chi connectivity index (χ0n) is 10.8. The summed E-state index contributed by atoms with van der Waals surface area (Å²) in [5.74, 6) is -2.38. The third kappa shape index (κ3) is 3.62. The van der Waals surface area contributed by atoms with E-state index in [1.165, 1.54) is 33.1 Å². The predicted octanol–water partition coefficient (Wildman–Crippen LogP) is 1.74. The van der Waals surface area contributed by atoms with Crippen molar-refractivity contribution in [3.05, 3.63) is 34.9 Å². The molecule has 0 saturated heterocycles. The van der Waals surface area contributed by atoms with Gasteiger partial charge in [0.05, 0.1) is 11.1 Å². The van der Waals surface area contributed by atoms with Crippen LogP contribution in [-0.2, 0) is 9.47 Å². The maximum absolute atomic E-state index is 11.7. The molecule has 0 amide bonds. The number of ether oxygens (including phenoxy) is 2. The maximum Gasteiger partial charge on any atom is 0.340 e. The molecule has 0 spiro atoms. The highest BCUT2D eigenvalue weighted by Gasteiger charge is 2.18. The first kappa shape index (κ1) is 14.8. The first-order valence-corrected chi connectivity index (χ1v) is 5.49. The second-order valence-corrected chi connectivity index (χ2v) is 3.83. The van der Waals surface area contributed by atoms with Gasteiger partial charge in [0.25, 0.3) is 0 Å². The van der Waals surface area contributed by atoms with E-state index >= 15 is 0 Å². The van der Waals surface area contributed by atoms with Gasteiger partial charge in [-0.3, -0.25) is 4.79 Å². The molecule has 19 heavy (non-hydrogen) atoms. The van der Waals surface area contributed by atoms with E-state index in [9.17, 15) is 14.4 Å². The van der Waals surface area contributed by atoms with E-state index in [2.05, 4.69) is 0 Å². The molecule has 0 heterocycles. The van der Waals surface area contributed by atoms with Crippen molar-refractivity contribution >= 4 is 17.7 Å². The number of carboxylic acids is 1. The van der Waals surface area contributed by atoms with Crippen molar-refractivity contribution in [3.63, 3.8) is 0 Å². The van der Waals surface area contributed by atoms with E-state index in [4.69, 9.17) is 14.6 Å². The lowest BCUT2D eigenvalue weighted by Gasteiger charge is -2.11. The van der Waals surface area contributed by atoms with E-state index < -0.39 is 18.2 Å². The van der Waals surface area contributed by atoms with Crippen LogP contribution < -0.4 is 0 Å². The summed E-state index contributed by atoms with van der Waals surface area (Å²) in [6.07, 6.45) is -0.742. The fourth-order valence-electron chi connectivity index (χ4n) is 1.42. The van der Waals surface area contributed by atoms with E-state index in [0.717, 1.165) is 6.07 Å². The molecule has 0 bridgehead atoms. The van der Waals surface area contributed by atoms with Crippen LogP contribution in [0.4, 0.5) is 0 Å². The Balaban J connectivity index is 3.12. The van der Waals surface area contributed by atoms with E-state index in [0.29, 0.717) is 0 Å². The third-order valence-electron chi connectivity index (χ3n) is 2.47. The van der Waals surface area contributed by atoms with Gasteiger partial charge in [0.1, 0.15) is 0 Å². The van der Waals surface area contributed by atoms with Gasteiger partial charge in [-0.05, 0) is 32.0 Å². The average molecular weight is 266 g/mol. The topological polar surface area (TPSA) is 89.9 Å². The lowest BCUT2D eigenvalue weighted by molar-refractivity contribution is -0.0773. The lowest BCUT2D eigenvalue weighted by Crippen LogP contribution is -2.17. The quantitative estimate of drug-likeness (QED) is 0.496. The molecular formula is C13H14O6. The van der Waals surface area contributed by atoms with Crippen LogP contribution in [0.25, 0.3) is 0 Å². The summed E-state index contributed by atoms with van der Waals surface area (Å²) < 4.78 is 9.65. The molecule has 6 nitrogen and oxygen atoms in total. The molecule has 1 N–H and O–H groups in total. The van der Waals surface area contributed by atoms with Crippen molar-refractivity contribution in [2.75, 3.05) is 7.11 Å². The van der Waals surface area contributed by atoms with Crippen LogP contribution in [0.2, 0.25) is 0 Å². The number of methoxy groups -OCH3 is 1. The molecule has 0 aliphatic heterocycles. The molecule has 1 unspecified atom stereocenters. The molecule has 1 aromatic rings.